The van der Waals surface area contributed by atoms with Crippen LogP contribution in [0.1, 0.15) is 38.5 Å². The molecule has 3 aliphatic rings. The second kappa shape index (κ2) is 5.58. The van der Waals surface area contributed by atoms with Crippen molar-refractivity contribution in [3.8, 4) is 0 Å². The molecule has 1 saturated carbocycles. The van der Waals surface area contributed by atoms with Crippen molar-refractivity contribution in [2.24, 2.45) is 5.92 Å². The Kier molecular flexibility index (Phi) is 3.98. The lowest BCUT2D eigenvalue weighted by molar-refractivity contribution is -0.268. The number of carbonyl (C=O) groups is 2. The first-order chi connectivity index (χ1) is 10.7. The minimum absolute atomic E-state index is 0.287. The molecule has 2 heterocycles. The number of amides is 2. The molecule has 0 radical (unpaired) electrons. The first-order valence-corrected chi connectivity index (χ1v) is 8.00. The van der Waals surface area contributed by atoms with E-state index in [1.54, 1.807) is 7.05 Å². The summed E-state index contributed by atoms with van der Waals surface area (Å²) in [5, 5.41) is 10.8. The largest absolute Gasteiger partial charge is 0.530 e. The number of rotatable bonds is 2. The van der Waals surface area contributed by atoms with Crippen molar-refractivity contribution in [1.29, 1.82) is 0 Å². The van der Waals surface area contributed by atoms with Gasteiger partial charge in [-0.1, -0.05) is 0 Å². The Morgan fingerprint density at radius 3 is 2.35 bits per heavy atom. The van der Waals surface area contributed by atoms with Gasteiger partial charge in [-0.15, -0.1) is 0 Å². The highest BCUT2D eigenvalue weighted by Crippen LogP contribution is 2.45. The van der Waals surface area contributed by atoms with Crippen LogP contribution in [0.3, 0.4) is 0 Å². The maximum atomic E-state index is 12.9. The average Bonchev–Trinajstić information content (AvgIpc) is 2.87. The highest BCUT2D eigenvalue weighted by molar-refractivity contribution is 5.80. The minimum Gasteiger partial charge on any atom is -0.530 e. The second-order valence-corrected chi connectivity index (χ2v) is 6.96. The van der Waals surface area contributed by atoms with Crippen LogP contribution >= 0.6 is 0 Å². The van der Waals surface area contributed by atoms with Gasteiger partial charge in [0, 0.05) is 38.9 Å². The van der Waals surface area contributed by atoms with Gasteiger partial charge in [0.25, 0.3) is 0 Å². The molecule has 2 aliphatic heterocycles. The van der Waals surface area contributed by atoms with Crippen molar-refractivity contribution < 1.29 is 28.2 Å². The first kappa shape index (κ1) is 16.4. The van der Waals surface area contributed by atoms with Crippen LogP contribution in [0.25, 0.3) is 0 Å². The fourth-order valence-electron chi connectivity index (χ4n) is 3.80. The lowest BCUT2D eigenvalue weighted by Crippen LogP contribution is -2.52. The molecule has 23 heavy (non-hydrogen) atoms. The van der Waals surface area contributed by atoms with Crippen LogP contribution in [0.5, 0.6) is 0 Å². The molecular weight excluding hydrogens is 310 g/mol. The van der Waals surface area contributed by atoms with Crippen molar-refractivity contribution in [1.82, 2.24) is 9.80 Å². The fraction of sp³-hybridized carbons (Fsp3) is 0.867. The predicted octanol–water partition coefficient (Wildman–Crippen LogP) is 0.804. The monoisotopic (exact) mass is 331 g/mol. The molecule has 0 N–H and O–H groups in total. The molecule has 2 saturated heterocycles. The lowest BCUT2D eigenvalue weighted by Gasteiger charge is -2.41. The first-order valence-electron chi connectivity index (χ1n) is 8.00. The summed E-state index contributed by atoms with van der Waals surface area (Å²) in [5.74, 6) is -3.61. The number of likely N-dealkylation sites (tertiary alicyclic amines) is 1. The van der Waals surface area contributed by atoms with Crippen LogP contribution in [0.4, 0.5) is 13.6 Å². The minimum atomic E-state index is -2.71. The van der Waals surface area contributed by atoms with Gasteiger partial charge in [-0.3, -0.25) is 4.79 Å². The van der Waals surface area contributed by atoms with Crippen LogP contribution < -0.4 is 5.11 Å². The lowest BCUT2D eigenvalue weighted by atomic mass is 9.80. The summed E-state index contributed by atoms with van der Waals surface area (Å²) in [6.07, 6.45) is 0.192. The van der Waals surface area contributed by atoms with Gasteiger partial charge in [0.2, 0.25) is 11.8 Å². The Bertz CT molecular complexity index is 498. The molecule has 0 aromatic rings. The molecule has 2 amide bonds. The van der Waals surface area contributed by atoms with Gasteiger partial charge in [0.15, 0.2) is 0 Å². The Morgan fingerprint density at radius 2 is 1.83 bits per heavy atom. The van der Waals surface area contributed by atoms with Gasteiger partial charge in [-0.25, -0.2) is 8.78 Å². The number of piperidine rings is 1. The van der Waals surface area contributed by atoms with E-state index >= 15 is 0 Å². The zero-order chi connectivity index (χ0) is 16.8. The van der Waals surface area contributed by atoms with Gasteiger partial charge in [0.1, 0.15) is 12.3 Å². The molecular formula is C15H21F2N2O4-. The van der Waals surface area contributed by atoms with Gasteiger partial charge >= 0.3 is 0 Å². The number of hydrogen-bond donors (Lipinski definition) is 0. The normalized spacial score (nSPS) is 29.3. The zero-order valence-electron chi connectivity index (χ0n) is 13.1. The third-order valence-electron chi connectivity index (χ3n) is 5.38. The molecule has 3 rings (SSSR count). The topological polar surface area (TPSA) is 72.9 Å². The van der Waals surface area contributed by atoms with E-state index in [0.717, 1.165) is 6.42 Å². The maximum Gasteiger partial charge on any atom is 0.249 e. The number of carboxylic acid groups (broad SMARTS) is 1. The molecule has 0 aromatic heterocycles. The summed E-state index contributed by atoms with van der Waals surface area (Å²) in [7, 11) is 1.60. The molecule has 130 valence electrons. The number of nitrogens with zero attached hydrogens (tertiary/aromatic N) is 2. The Labute approximate surface area is 133 Å². The van der Waals surface area contributed by atoms with E-state index in [4.69, 9.17) is 4.74 Å². The molecule has 3 fully saturated rings. The Hall–Kier alpha value is -1.44. The predicted molar refractivity (Wildman–Crippen MR) is 73.5 cm³/mol. The van der Waals surface area contributed by atoms with E-state index in [0.29, 0.717) is 32.4 Å². The van der Waals surface area contributed by atoms with Gasteiger partial charge in [-0.2, -0.15) is 0 Å². The molecule has 8 heteroatoms. The summed E-state index contributed by atoms with van der Waals surface area (Å²) < 4.78 is 31.9. The third-order valence-corrected chi connectivity index (χ3v) is 5.38. The molecule has 0 bridgehead atoms. The summed E-state index contributed by atoms with van der Waals surface area (Å²) in [4.78, 5) is 25.8. The van der Waals surface area contributed by atoms with Crippen molar-refractivity contribution >= 4 is 12.0 Å². The SMILES string of the molecule is CN(C(=O)C1CC(F)(F)C1)C1CCC2(CCN(C(=O)[O-])CC2)O1. The summed E-state index contributed by atoms with van der Waals surface area (Å²) in [6.45, 7) is 0.725. The van der Waals surface area contributed by atoms with Gasteiger partial charge in [-0.05, 0) is 25.7 Å². The van der Waals surface area contributed by atoms with Crippen molar-refractivity contribution in [2.45, 2.75) is 56.3 Å². The Balaban J connectivity index is 1.53. The fourth-order valence-corrected chi connectivity index (χ4v) is 3.80. The van der Waals surface area contributed by atoms with E-state index in [-0.39, 0.29) is 18.7 Å². The summed E-state index contributed by atoms with van der Waals surface area (Å²) >= 11 is 0. The molecule has 1 unspecified atom stereocenters. The number of halogens is 2. The van der Waals surface area contributed by atoms with Crippen LogP contribution in [0.2, 0.25) is 0 Å². The van der Waals surface area contributed by atoms with E-state index in [1.807, 2.05) is 0 Å². The maximum absolute atomic E-state index is 12.9. The number of carbonyl (C=O) groups excluding carboxylic acids is 2. The highest BCUT2D eigenvalue weighted by Gasteiger charge is 2.51. The number of ether oxygens (including phenoxy) is 1. The van der Waals surface area contributed by atoms with Crippen LogP contribution in [-0.2, 0) is 9.53 Å². The van der Waals surface area contributed by atoms with E-state index in [9.17, 15) is 23.5 Å². The Morgan fingerprint density at radius 1 is 1.22 bits per heavy atom. The van der Waals surface area contributed by atoms with Crippen LogP contribution in [-0.4, -0.2) is 59.7 Å². The summed E-state index contributed by atoms with van der Waals surface area (Å²) in [6, 6.07) is 0. The smallest absolute Gasteiger partial charge is 0.249 e. The third kappa shape index (κ3) is 3.13. The van der Waals surface area contributed by atoms with E-state index in [2.05, 4.69) is 0 Å². The standard InChI is InChI=1S/C15H22F2N2O4/c1-18(12(20)10-8-15(16,17)9-10)11-2-3-14(23-11)4-6-19(7-5-14)13(21)22/h10-11H,2-9H2,1H3,(H,21,22)/p-1. The molecule has 1 spiro atoms. The molecule has 1 aliphatic carbocycles. The number of alkyl halides is 2. The zero-order valence-corrected chi connectivity index (χ0v) is 13.1. The molecule has 6 nitrogen and oxygen atoms in total. The van der Waals surface area contributed by atoms with E-state index in [1.165, 1.54) is 9.80 Å². The van der Waals surface area contributed by atoms with Crippen molar-refractivity contribution in [3.05, 3.63) is 0 Å². The molecule has 1 atom stereocenters. The quantitative estimate of drug-likeness (QED) is 0.750. The van der Waals surface area contributed by atoms with Crippen molar-refractivity contribution in [3.63, 3.8) is 0 Å². The van der Waals surface area contributed by atoms with Crippen LogP contribution in [0.15, 0.2) is 0 Å². The second-order valence-electron chi connectivity index (χ2n) is 6.96. The highest BCUT2D eigenvalue weighted by atomic mass is 19.3. The van der Waals surface area contributed by atoms with Crippen LogP contribution in [0, 0.1) is 5.92 Å². The summed E-state index contributed by atoms with van der Waals surface area (Å²) in [5.41, 5.74) is -0.408. The molecule has 0 aromatic carbocycles. The van der Waals surface area contributed by atoms with Gasteiger partial charge < -0.3 is 24.4 Å². The van der Waals surface area contributed by atoms with Crippen molar-refractivity contribution in [2.75, 3.05) is 20.1 Å². The van der Waals surface area contributed by atoms with Gasteiger partial charge in [0.05, 0.1) is 5.60 Å². The number of hydrogen-bond acceptors (Lipinski definition) is 4. The average molecular weight is 331 g/mol. The van der Waals surface area contributed by atoms with E-state index < -0.39 is 29.8 Å².